The van der Waals surface area contributed by atoms with Crippen LogP contribution in [0.4, 0.5) is 4.39 Å². The van der Waals surface area contributed by atoms with Gasteiger partial charge in [0, 0.05) is 5.56 Å². The molecule has 0 aliphatic carbocycles. The molecular formula is C17H19FN2O4S. The van der Waals surface area contributed by atoms with Gasteiger partial charge in [0.25, 0.3) is 5.91 Å². The van der Waals surface area contributed by atoms with E-state index in [-0.39, 0.29) is 28.1 Å². The van der Waals surface area contributed by atoms with Gasteiger partial charge in [0.2, 0.25) is 10.0 Å². The van der Waals surface area contributed by atoms with Crippen molar-refractivity contribution in [1.82, 2.24) is 10.0 Å². The van der Waals surface area contributed by atoms with Gasteiger partial charge in [-0.3, -0.25) is 4.79 Å². The number of rotatable bonds is 6. The summed E-state index contributed by atoms with van der Waals surface area (Å²) in [6, 6.07) is 9.53. The number of ether oxygens (including phenoxy) is 1. The van der Waals surface area contributed by atoms with Gasteiger partial charge in [0.05, 0.1) is 13.2 Å². The van der Waals surface area contributed by atoms with Crippen LogP contribution >= 0.6 is 0 Å². The van der Waals surface area contributed by atoms with Crippen molar-refractivity contribution in [2.75, 3.05) is 14.2 Å². The van der Waals surface area contributed by atoms with Crippen molar-refractivity contribution in [1.29, 1.82) is 0 Å². The van der Waals surface area contributed by atoms with Crippen molar-refractivity contribution in [2.45, 2.75) is 17.9 Å². The zero-order valence-electron chi connectivity index (χ0n) is 14.0. The Bertz CT molecular complexity index is 867. The third-order valence-corrected chi connectivity index (χ3v) is 5.14. The molecule has 0 radical (unpaired) electrons. The molecule has 2 aromatic carbocycles. The highest BCUT2D eigenvalue weighted by Gasteiger charge is 2.21. The van der Waals surface area contributed by atoms with Gasteiger partial charge in [-0.15, -0.1) is 0 Å². The molecule has 134 valence electrons. The first-order valence-electron chi connectivity index (χ1n) is 7.46. The monoisotopic (exact) mass is 366 g/mol. The number of sulfonamides is 1. The number of nitrogens with one attached hydrogen (secondary N) is 2. The third kappa shape index (κ3) is 4.34. The zero-order valence-corrected chi connectivity index (χ0v) is 14.9. The van der Waals surface area contributed by atoms with Gasteiger partial charge in [0.1, 0.15) is 16.5 Å². The molecule has 0 bridgehead atoms. The molecule has 6 nitrogen and oxygen atoms in total. The Kier molecular flexibility index (Phi) is 5.76. The predicted molar refractivity (Wildman–Crippen MR) is 91.5 cm³/mol. The first kappa shape index (κ1) is 18.9. The van der Waals surface area contributed by atoms with Crippen LogP contribution in [-0.4, -0.2) is 28.5 Å². The lowest BCUT2D eigenvalue weighted by atomic mass is 10.1. The summed E-state index contributed by atoms with van der Waals surface area (Å²) in [5, 5.41) is 2.75. The number of amides is 1. The Hall–Kier alpha value is -2.45. The van der Waals surface area contributed by atoms with Crippen LogP contribution < -0.4 is 14.8 Å². The van der Waals surface area contributed by atoms with Gasteiger partial charge in [-0.25, -0.2) is 17.5 Å². The van der Waals surface area contributed by atoms with Crippen LogP contribution in [0.3, 0.4) is 0 Å². The van der Waals surface area contributed by atoms with Crippen molar-refractivity contribution in [3.05, 3.63) is 59.4 Å². The van der Waals surface area contributed by atoms with E-state index in [1.54, 1.807) is 19.1 Å². The fraction of sp³-hybridized carbons (Fsp3) is 0.235. The molecule has 2 aromatic rings. The minimum absolute atomic E-state index is 0.125. The third-order valence-electron chi connectivity index (χ3n) is 3.70. The number of methoxy groups -OCH3 is 1. The van der Waals surface area contributed by atoms with Crippen LogP contribution in [0.1, 0.15) is 28.9 Å². The number of carbonyl (C=O) groups excluding carboxylic acids is 1. The fourth-order valence-corrected chi connectivity index (χ4v) is 3.17. The molecule has 2 rings (SSSR count). The van der Waals surface area contributed by atoms with Gasteiger partial charge in [-0.1, -0.05) is 12.1 Å². The highest BCUT2D eigenvalue weighted by Crippen LogP contribution is 2.25. The second-order valence-electron chi connectivity index (χ2n) is 5.32. The molecule has 0 unspecified atom stereocenters. The standard InChI is InChI=1S/C17H19FN2O4S/c1-11(12-4-7-14(18)8-5-12)20-17(21)13-6-9-15(24-3)16(10-13)25(22,23)19-2/h4-11,19H,1-3H3,(H,20,21)/t11-/m1/s1. The van der Waals surface area contributed by atoms with E-state index in [4.69, 9.17) is 4.74 Å². The number of halogens is 1. The number of hydrogen-bond acceptors (Lipinski definition) is 4. The lowest BCUT2D eigenvalue weighted by Crippen LogP contribution is -2.27. The molecular weight excluding hydrogens is 347 g/mol. The van der Waals surface area contributed by atoms with E-state index < -0.39 is 15.9 Å². The van der Waals surface area contributed by atoms with Crippen molar-refractivity contribution >= 4 is 15.9 Å². The van der Waals surface area contributed by atoms with Crippen LogP contribution in [0.5, 0.6) is 5.75 Å². The summed E-state index contributed by atoms with van der Waals surface area (Å²) in [6.45, 7) is 1.75. The minimum atomic E-state index is -3.78. The summed E-state index contributed by atoms with van der Waals surface area (Å²) in [4.78, 5) is 12.3. The summed E-state index contributed by atoms with van der Waals surface area (Å²) in [5.41, 5.74) is 0.898. The van der Waals surface area contributed by atoms with E-state index in [9.17, 15) is 17.6 Å². The summed E-state index contributed by atoms with van der Waals surface area (Å²) in [6.07, 6.45) is 0. The van der Waals surface area contributed by atoms with E-state index in [2.05, 4.69) is 10.0 Å². The van der Waals surface area contributed by atoms with Gasteiger partial charge in [-0.2, -0.15) is 0 Å². The highest BCUT2D eigenvalue weighted by molar-refractivity contribution is 7.89. The Morgan fingerprint density at radius 2 is 1.80 bits per heavy atom. The Morgan fingerprint density at radius 1 is 1.16 bits per heavy atom. The minimum Gasteiger partial charge on any atom is -0.495 e. The average molecular weight is 366 g/mol. The van der Waals surface area contributed by atoms with E-state index in [0.717, 1.165) is 5.56 Å². The number of hydrogen-bond donors (Lipinski definition) is 2. The highest BCUT2D eigenvalue weighted by atomic mass is 32.2. The molecule has 0 aliphatic rings. The predicted octanol–water partition coefficient (Wildman–Crippen LogP) is 2.23. The van der Waals surface area contributed by atoms with Gasteiger partial charge in [-0.05, 0) is 49.9 Å². The lowest BCUT2D eigenvalue weighted by Gasteiger charge is -2.15. The Labute approximate surface area is 146 Å². The number of carbonyl (C=O) groups is 1. The quantitative estimate of drug-likeness (QED) is 0.821. The van der Waals surface area contributed by atoms with E-state index >= 15 is 0 Å². The first-order valence-corrected chi connectivity index (χ1v) is 8.94. The normalized spacial score (nSPS) is 12.5. The van der Waals surface area contributed by atoms with Crippen LogP contribution in [0.2, 0.25) is 0 Å². The van der Waals surface area contributed by atoms with E-state index in [1.807, 2.05) is 0 Å². The summed E-state index contributed by atoms with van der Waals surface area (Å²) < 4.78 is 44.4. The second kappa shape index (κ2) is 7.62. The molecule has 0 spiro atoms. The van der Waals surface area contributed by atoms with Gasteiger partial charge < -0.3 is 10.1 Å². The molecule has 0 heterocycles. The topological polar surface area (TPSA) is 84.5 Å². The largest absolute Gasteiger partial charge is 0.495 e. The maximum Gasteiger partial charge on any atom is 0.251 e. The van der Waals surface area contributed by atoms with Gasteiger partial charge >= 0.3 is 0 Å². The molecule has 0 aliphatic heterocycles. The van der Waals surface area contributed by atoms with Crippen molar-refractivity contribution in [3.63, 3.8) is 0 Å². The smallest absolute Gasteiger partial charge is 0.251 e. The number of benzene rings is 2. The molecule has 1 atom stereocenters. The summed E-state index contributed by atoms with van der Waals surface area (Å²) in [5.74, 6) is -0.677. The SMILES string of the molecule is CNS(=O)(=O)c1cc(C(=O)N[C@H](C)c2ccc(F)cc2)ccc1OC. The fourth-order valence-electron chi connectivity index (χ4n) is 2.25. The molecule has 8 heteroatoms. The van der Waals surface area contributed by atoms with Crippen molar-refractivity contribution in [2.24, 2.45) is 0 Å². The van der Waals surface area contributed by atoms with Crippen LogP contribution in [0.25, 0.3) is 0 Å². The molecule has 25 heavy (non-hydrogen) atoms. The molecule has 0 fully saturated rings. The molecule has 2 N–H and O–H groups in total. The average Bonchev–Trinajstić information content (AvgIpc) is 2.61. The maximum absolute atomic E-state index is 13.0. The zero-order chi connectivity index (χ0) is 18.6. The molecule has 1 amide bonds. The molecule has 0 saturated heterocycles. The second-order valence-corrected chi connectivity index (χ2v) is 7.17. The van der Waals surface area contributed by atoms with E-state index in [0.29, 0.717) is 0 Å². The van der Waals surface area contributed by atoms with Crippen molar-refractivity contribution in [3.8, 4) is 5.75 Å². The summed E-state index contributed by atoms with van der Waals surface area (Å²) in [7, 11) is -1.16. The van der Waals surface area contributed by atoms with Crippen molar-refractivity contribution < 1.29 is 22.3 Å². The van der Waals surface area contributed by atoms with Crippen LogP contribution in [-0.2, 0) is 10.0 Å². The Balaban J connectivity index is 2.27. The van der Waals surface area contributed by atoms with Gasteiger partial charge in [0.15, 0.2) is 0 Å². The first-order chi connectivity index (χ1) is 11.8. The summed E-state index contributed by atoms with van der Waals surface area (Å²) >= 11 is 0. The maximum atomic E-state index is 13.0. The van der Waals surface area contributed by atoms with E-state index in [1.165, 1.54) is 44.5 Å². The molecule has 0 saturated carbocycles. The molecule has 0 aromatic heterocycles. The van der Waals surface area contributed by atoms with Crippen LogP contribution in [0.15, 0.2) is 47.4 Å². The Morgan fingerprint density at radius 3 is 2.36 bits per heavy atom. The van der Waals surface area contributed by atoms with Crippen LogP contribution in [0, 0.1) is 5.82 Å². The lowest BCUT2D eigenvalue weighted by molar-refractivity contribution is 0.0939.